The van der Waals surface area contributed by atoms with Gasteiger partial charge < -0.3 is 5.32 Å². The molecule has 0 fully saturated rings. The fourth-order valence-electron chi connectivity index (χ4n) is 1.57. The molecule has 0 saturated carbocycles. The van der Waals surface area contributed by atoms with Crippen LogP contribution >= 0.6 is 15.9 Å². The van der Waals surface area contributed by atoms with Crippen molar-refractivity contribution < 1.29 is 0 Å². The zero-order valence-corrected chi connectivity index (χ0v) is 10.7. The first kappa shape index (κ1) is 11.4. The van der Waals surface area contributed by atoms with Crippen molar-refractivity contribution in [1.82, 2.24) is 15.1 Å². The molecule has 0 aliphatic carbocycles. The van der Waals surface area contributed by atoms with Crippen LogP contribution in [0, 0.1) is 0 Å². The van der Waals surface area contributed by atoms with Crippen LogP contribution in [0.25, 0.3) is 5.69 Å². The van der Waals surface area contributed by atoms with Crippen molar-refractivity contribution >= 4 is 15.9 Å². The molecule has 0 saturated heterocycles. The minimum atomic E-state index is 0.860. The molecule has 0 spiro atoms. The number of nitrogens with zero attached hydrogens (tertiary/aromatic N) is 2. The molecule has 84 valence electrons. The molecule has 3 nitrogen and oxygen atoms in total. The Hall–Kier alpha value is -1.13. The predicted octanol–water partition coefficient (Wildman–Crippen LogP) is 2.74. The summed E-state index contributed by atoms with van der Waals surface area (Å²) in [5, 5.41) is 7.59. The van der Waals surface area contributed by atoms with Crippen molar-refractivity contribution in [3.05, 3.63) is 46.7 Å². The summed E-state index contributed by atoms with van der Waals surface area (Å²) >= 11 is 3.49. The maximum atomic E-state index is 4.26. The van der Waals surface area contributed by atoms with Gasteiger partial charge in [-0.2, -0.15) is 5.10 Å². The fourth-order valence-corrected chi connectivity index (χ4v) is 1.92. The van der Waals surface area contributed by atoms with Crippen LogP contribution < -0.4 is 5.32 Å². The number of rotatable bonds is 4. The summed E-state index contributed by atoms with van der Waals surface area (Å²) < 4.78 is 2.95. The van der Waals surface area contributed by atoms with Crippen LogP contribution in [-0.4, -0.2) is 16.3 Å². The summed E-state index contributed by atoms with van der Waals surface area (Å²) in [6.07, 6.45) is 3.75. The monoisotopic (exact) mass is 279 g/mol. The van der Waals surface area contributed by atoms with Crippen molar-refractivity contribution in [2.24, 2.45) is 0 Å². The van der Waals surface area contributed by atoms with Gasteiger partial charge in [0.05, 0.1) is 5.69 Å². The Labute approximate surface area is 104 Å². The van der Waals surface area contributed by atoms with Gasteiger partial charge in [0.2, 0.25) is 0 Å². The zero-order valence-electron chi connectivity index (χ0n) is 9.15. The van der Waals surface area contributed by atoms with E-state index in [9.17, 15) is 0 Å². The first-order valence-corrected chi connectivity index (χ1v) is 6.09. The molecule has 0 unspecified atom stereocenters. The summed E-state index contributed by atoms with van der Waals surface area (Å²) in [5.74, 6) is 0. The predicted molar refractivity (Wildman–Crippen MR) is 68.6 cm³/mol. The molecule has 0 aliphatic rings. The van der Waals surface area contributed by atoms with Gasteiger partial charge in [-0.1, -0.05) is 28.9 Å². The lowest BCUT2D eigenvalue weighted by Crippen LogP contribution is -2.14. The second-order valence-corrected chi connectivity index (χ2v) is 4.42. The van der Waals surface area contributed by atoms with E-state index < -0.39 is 0 Å². The van der Waals surface area contributed by atoms with Crippen LogP contribution in [0.15, 0.2) is 41.1 Å². The second-order valence-electron chi connectivity index (χ2n) is 3.50. The first-order valence-electron chi connectivity index (χ1n) is 5.30. The molecule has 0 atom stereocenters. The van der Waals surface area contributed by atoms with Crippen LogP contribution in [0.2, 0.25) is 0 Å². The molecule has 1 aromatic heterocycles. The average Bonchev–Trinajstić information content (AvgIpc) is 2.80. The van der Waals surface area contributed by atoms with Gasteiger partial charge in [-0.05, 0) is 30.3 Å². The molecule has 2 aromatic rings. The van der Waals surface area contributed by atoms with Crippen molar-refractivity contribution in [2.75, 3.05) is 6.54 Å². The van der Waals surface area contributed by atoms with Crippen LogP contribution in [0.4, 0.5) is 0 Å². The van der Waals surface area contributed by atoms with Crippen LogP contribution in [-0.2, 0) is 6.54 Å². The highest BCUT2D eigenvalue weighted by atomic mass is 79.9. The van der Waals surface area contributed by atoms with Gasteiger partial charge in [-0.3, -0.25) is 0 Å². The number of hydrogen-bond acceptors (Lipinski definition) is 2. The Morgan fingerprint density at radius 1 is 1.44 bits per heavy atom. The van der Waals surface area contributed by atoms with Gasteiger partial charge in [-0.25, -0.2) is 4.68 Å². The third-order valence-corrected chi connectivity index (χ3v) is 2.86. The molecule has 0 amide bonds. The van der Waals surface area contributed by atoms with E-state index in [1.165, 1.54) is 5.56 Å². The lowest BCUT2D eigenvalue weighted by Gasteiger charge is -2.10. The summed E-state index contributed by atoms with van der Waals surface area (Å²) in [6.45, 7) is 3.93. The molecule has 4 heteroatoms. The van der Waals surface area contributed by atoms with Gasteiger partial charge >= 0.3 is 0 Å². The Kier molecular flexibility index (Phi) is 3.74. The molecule has 0 radical (unpaired) electrons. The van der Waals surface area contributed by atoms with Crippen molar-refractivity contribution in [3.63, 3.8) is 0 Å². The molecule has 1 N–H and O–H groups in total. The molecular weight excluding hydrogens is 266 g/mol. The highest BCUT2D eigenvalue weighted by Crippen LogP contribution is 2.19. The maximum absolute atomic E-state index is 4.26. The smallest absolute Gasteiger partial charge is 0.0701 e. The van der Waals surface area contributed by atoms with E-state index in [-0.39, 0.29) is 0 Å². The van der Waals surface area contributed by atoms with E-state index in [2.05, 4.69) is 51.5 Å². The maximum Gasteiger partial charge on any atom is 0.0701 e. The van der Waals surface area contributed by atoms with Gasteiger partial charge in [0.1, 0.15) is 0 Å². The van der Waals surface area contributed by atoms with Crippen LogP contribution in [0.5, 0.6) is 0 Å². The number of nitrogens with one attached hydrogen (secondary N) is 1. The second kappa shape index (κ2) is 5.27. The minimum absolute atomic E-state index is 0.860. The van der Waals surface area contributed by atoms with Gasteiger partial charge in [0.25, 0.3) is 0 Å². The van der Waals surface area contributed by atoms with E-state index in [0.717, 1.165) is 23.2 Å². The SMILES string of the molecule is CCNCc1ccc(Br)cc1-n1cccn1. The topological polar surface area (TPSA) is 29.9 Å². The largest absolute Gasteiger partial charge is 0.313 e. The normalized spacial score (nSPS) is 10.6. The Balaban J connectivity index is 2.37. The van der Waals surface area contributed by atoms with E-state index in [4.69, 9.17) is 0 Å². The fraction of sp³-hybridized carbons (Fsp3) is 0.250. The Morgan fingerprint density at radius 2 is 2.31 bits per heavy atom. The quantitative estimate of drug-likeness (QED) is 0.933. The Bertz CT molecular complexity index is 451. The standard InChI is InChI=1S/C12H14BrN3/c1-2-14-9-10-4-5-11(13)8-12(10)16-7-3-6-15-16/h3-8,14H,2,9H2,1H3. The highest BCUT2D eigenvalue weighted by molar-refractivity contribution is 9.10. The number of halogens is 1. The van der Waals surface area contributed by atoms with Gasteiger partial charge in [0.15, 0.2) is 0 Å². The lowest BCUT2D eigenvalue weighted by atomic mass is 10.2. The third kappa shape index (κ3) is 2.51. The average molecular weight is 280 g/mol. The number of aromatic nitrogens is 2. The number of hydrogen-bond donors (Lipinski definition) is 1. The minimum Gasteiger partial charge on any atom is -0.313 e. The molecule has 2 rings (SSSR count). The number of benzene rings is 1. The van der Waals surface area contributed by atoms with Crippen LogP contribution in [0.1, 0.15) is 12.5 Å². The lowest BCUT2D eigenvalue weighted by molar-refractivity contribution is 0.717. The Morgan fingerprint density at radius 3 is 3.00 bits per heavy atom. The van der Waals surface area contributed by atoms with E-state index in [1.807, 2.05) is 16.9 Å². The molecule has 1 heterocycles. The zero-order chi connectivity index (χ0) is 11.4. The molecular formula is C12H14BrN3. The van der Waals surface area contributed by atoms with E-state index >= 15 is 0 Å². The summed E-state index contributed by atoms with van der Waals surface area (Å²) in [4.78, 5) is 0. The van der Waals surface area contributed by atoms with Crippen molar-refractivity contribution in [3.8, 4) is 5.69 Å². The molecule has 0 aliphatic heterocycles. The van der Waals surface area contributed by atoms with E-state index in [0.29, 0.717) is 0 Å². The van der Waals surface area contributed by atoms with E-state index in [1.54, 1.807) is 6.20 Å². The molecule has 1 aromatic carbocycles. The summed E-state index contributed by atoms with van der Waals surface area (Å²) in [6, 6.07) is 8.18. The van der Waals surface area contributed by atoms with Crippen molar-refractivity contribution in [1.29, 1.82) is 0 Å². The van der Waals surface area contributed by atoms with Crippen LogP contribution in [0.3, 0.4) is 0 Å². The molecule has 0 bridgehead atoms. The van der Waals surface area contributed by atoms with Gasteiger partial charge in [0, 0.05) is 23.4 Å². The first-order chi connectivity index (χ1) is 7.81. The molecule has 16 heavy (non-hydrogen) atoms. The summed E-state index contributed by atoms with van der Waals surface area (Å²) in [5.41, 5.74) is 2.36. The van der Waals surface area contributed by atoms with Gasteiger partial charge in [-0.15, -0.1) is 0 Å². The highest BCUT2D eigenvalue weighted by Gasteiger charge is 2.05. The van der Waals surface area contributed by atoms with Crippen molar-refractivity contribution in [2.45, 2.75) is 13.5 Å². The summed E-state index contributed by atoms with van der Waals surface area (Å²) in [7, 11) is 0. The third-order valence-electron chi connectivity index (χ3n) is 2.36.